The summed E-state index contributed by atoms with van der Waals surface area (Å²) >= 11 is 0. The SMILES string of the molecule is CCCCCCCCCCCCCCCCCCCCCCCCCCN[C@@H](CO[C@@H]1O[C@H](COC(=O)Nc2cc(F)ccc2F)[C@H](O)[C@H](O)[C@H]1O)[C@H](O)[C@H](O)CCCCCCCCCCCCCC. The Labute approximate surface area is 424 Å². The zero-order chi connectivity index (χ0) is 50.9. The van der Waals surface area contributed by atoms with Crippen molar-refractivity contribution in [2.24, 2.45) is 0 Å². The maximum absolute atomic E-state index is 14.0. The highest BCUT2D eigenvalue weighted by Gasteiger charge is 2.45. The maximum atomic E-state index is 14.0. The van der Waals surface area contributed by atoms with Gasteiger partial charge in [0.2, 0.25) is 0 Å². The van der Waals surface area contributed by atoms with Gasteiger partial charge in [0.05, 0.1) is 30.5 Å². The number of halogens is 2. The van der Waals surface area contributed by atoms with Crippen LogP contribution in [-0.4, -0.2) is 100 Å². The van der Waals surface area contributed by atoms with E-state index in [1.165, 1.54) is 186 Å². The molecule has 1 aromatic rings. The molecule has 0 saturated carbocycles. The first-order valence-electron chi connectivity index (χ1n) is 28.9. The molecule has 8 atom stereocenters. The van der Waals surface area contributed by atoms with Gasteiger partial charge in [0, 0.05) is 6.07 Å². The lowest BCUT2D eigenvalue weighted by molar-refractivity contribution is -0.302. The van der Waals surface area contributed by atoms with Crippen LogP contribution >= 0.6 is 0 Å². The number of hydrogen-bond acceptors (Lipinski definition) is 10. The Morgan fingerprint density at radius 1 is 0.586 bits per heavy atom. The van der Waals surface area contributed by atoms with Gasteiger partial charge in [-0.05, 0) is 31.5 Å². The Hall–Kier alpha value is -1.97. The predicted molar refractivity (Wildman–Crippen MR) is 280 cm³/mol. The second-order valence-corrected chi connectivity index (χ2v) is 20.6. The van der Waals surface area contributed by atoms with Crippen LogP contribution in [0.5, 0.6) is 0 Å². The summed E-state index contributed by atoms with van der Waals surface area (Å²) in [7, 11) is 0. The summed E-state index contributed by atoms with van der Waals surface area (Å²) in [5.41, 5.74) is -0.448. The zero-order valence-corrected chi connectivity index (χ0v) is 44.3. The highest BCUT2D eigenvalue weighted by molar-refractivity contribution is 5.84. The van der Waals surface area contributed by atoms with E-state index in [4.69, 9.17) is 14.2 Å². The molecule has 1 amide bonds. The second kappa shape index (κ2) is 43.4. The number of amides is 1. The van der Waals surface area contributed by atoms with Crippen molar-refractivity contribution in [1.29, 1.82) is 0 Å². The number of rotatable bonds is 47. The molecule has 1 fully saturated rings. The van der Waals surface area contributed by atoms with E-state index in [1.54, 1.807) is 0 Å². The van der Waals surface area contributed by atoms with Crippen molar-refractivity contribution >= 4 is 11.8 Å². The van der Waals surface area contributed by atoms with Gasteiger partial charge in [-0.3, -0.25) is 5.32 Å². The van der Waals surface area contributed by atoms with E-state index >= 15 is 0 Å². The number of hydrogen-bond donors (Lipinski definition) is 7. The van der Waals surface area contributed by atoms with Crippen molar-refractivity contribution < 1.29 is 53.3 Å². The third-order valence-corrected chi connectivity index (χ3v) is 14.2. The summed E-state index contributed by atoms with van der Waals surface area (Å²) in [6.45, 7) is 4.27. The van der Waals surface area contributed by atoms with Crippen molar-refractivity contribution in [3.63, 3.8) is 0 Å². The van der Waals surface area contributed by atoms with E-state index in [0.29, 0.717) is 13.0 Å². The summed E-state index contributed by atoms with van der Waals surface area (Å²) in [4.78, 5) is 12.4. The Morgan fingerprint density at radius 2 is 1.00 bits per heavy atom. The maximum Gasteiger partial charge on any atom is 0.411 e. The second-order valence-electron chi connectivity index (χ2n) is 20.6. The van der Waals surface area contributed by atoms with Crippen LogP contribution in [0.4, 0.5) is 19.3 Å². The molecule has 2 rings (SSSR count). The van der Waals surface area contributed by atoms with Crippen LogP contribution in [0.2, 0.25) is 0 Å². The van der Waals surface area contributed by atoms with E-state index in [-0.39, 0.29) is 6.61 Å². The molecule has 410 valence electrons. The van der Waals surface area contributed by atoms with Crippen LogP contribution in [0.1, 0.15) is 251 Å². The molecule has 11 nitrogen and oxygen atoms in total. The van der Waals surface area contributed by atoms with Gasteiger partial charge in [-0.2, -0.15) is 0 Å². The molecule has 70 heavy (non-hydrogen) atoms. The zero-order valence-electron chi connectivity index (χ0n) is 44.3. The highest BCUT2D eigenvalue weighted by Crippen LogP contribution is 2.25. The van der Waals surface area contributed by atoms with Crippen molar-refractivity contribution in [1.82, 2.24) is 5.32 Å². The molecule has 1 aliphatic heterocycles. The number of aliphatic hydroxyl groups excluding tert-OH is 5. The van der Waals surface area contributed by atoms with E-state index in [9.17, 15) is 39.1 Å². The van der Waals surface area contributed by atoms with Gasteiger partial charge in [0.15, 0.2) is 6.29 Å². The molecule has 0 spiro atoms. The van der Waals surface area contributed by atoms with Gasteiger partial charge in [-0.15, -0.1) is 0 Å². The largest absolute Gasteiger partial charge is 0.446 e. The number of anilines is 1. The number of aliphatic hydroxyl groups is 5. The average Bonchev–Trinajstić information content (AvgIpc) is 3.35. The van der Waals surface area contributed by atoms with Crippen LogP contribution < -0.4 is 10.6 Å². The number of carbonyl (C=O) groups is 1. The Morgan fingerprint density at radius 3 is 1.44 bits per heavy atom. The van der Waals surface area contributed by atoms with Gasteiger partial charge in [-0.25, -0.2) is 13.6 Å². The lowest BCUT2D eigenvalue weighted by Crippen LogP contribution is -2.60. The van der Waals surface area contributed by atoms with Crippen LogP contribution in [-0.2, 0) is 14.2 Å². The first-order chi connectivity index (χ1) is 34.1. The molecule has 0 aromatic heterocycles. The van der Waals surface area contributed by atoms with Crippen LogP contribution in [0.15, 0.2) is 18.2 Å². The number of ether oxygens (including phenoxy) is 3. The van der Waals surface area contributed by atoms with E-state index in [0.717, 1.165) is 63.1 Å². The quantitative estimate of drug-likeness (QED) is 0.0312. The van der Waals surface area contributed by atoms with Crippen molar-refractivity contribution in [3.05, 3.63) is 29.8 Å². The Kier molecular flexibility index (Phi) is 39.8. The number of unbranched alkanes of at least 4 members (excludes halogenated alkanes) is 34. The van der Waals surface area contributed by atoms with Gasteiger partial charge in [-0.1, -0.05) is 239 Å². The minimum atomic E-state index is -1.73. The molecule has 1 aromatic carbocycles. The van der Waals surface area contributed by atoms with Gasteiger partial charge in [0.25, 0.3) is 0 Å². The number of carbonyl (C=O) groups excluding carboxylic acids is 1. The smallest absolute Gasteiger partial charge is 0.411 e. The standard InChI is InChI=1S/C57H104F2N2O9/c1-3-5-7-9-11-13-15-17-18-19-20-21-22-23-24-25-26-27-28-30-32-34-36-38-42-60-49(52(63)50(62)39-37-35-33-31-29-16-14-12-10-8-6-4-2)44-68-56-55(66)54(65)53(64)51(70-56)45-69-57(67)61-48-43-46(58)40-41-47(48)59/h40-41,43,49-56,60,62-66H,3-39,42,44-45H2,1-2H3,(H,61,67)/t49-,50+,51+,52-,53-,54-,55+,56+/m0/s1. The number of nitrogens with one attached hydrogen (secondary N) is 2. The topological polar surface area (TPSA) is 170 Å². The minimum Gasteiger partial charge on any atom is -0.446 e. The van der Waals surface area contributed by atoms with Crippen molar-refractivity contribution in [2.75, 3.05) is 25.1 Å². The molecular formula is C57H104F2N2O9. The fourth-order valence-corrected chi connectivity index (χ4v) is 9.57. The van der Waals surface area contributed by atoms with Crippen molar-refractivity contribution in [2.45, 2.75) is 300 Å². The third kappa shape index (κ3) is 31.6. The molecule has 1 heterocycles. The molecule has 1 saturated heterocycles. The molecule has 0 aliphatic carbocycles. The average molecular weight is 999 g/mol. The summed E-state index contributed by atoms with van der Waals surface area (Å²) in [6.07, 6.45) is 35.2. The van der Waals surface area contributed by atoms with Gasteiger partial charge < -0.3 is 45.1 Å². The van der Waals surface area contributed by atoms with Crippen LogP contribution in [0.25, 0.3) is 0 Å². The van der Waals surface area contributed by atoms with E-state index in [2.05, 4.69) is 24.5 Å². The molecule has 1 aliphatic rings. The molecular weight excluding hydrogens is 895 g/mol. The monoisotopic (exact) mass is 999 g/mol. The summed E-state index contributed by atoms with van der Waals surface area (Å²) in [6, 6.07) is 1.79. The van der Waals surface area contributed by atoms with Crippen LogP contribution in [0.3, 0.4) is 0 Å². The normalized spacial score (nSPS) is 19.6. The highest BCUT2D eigenvalue weighted by atomic mass is 19.1. The lowest BCUT2D eigenvalue weighted by Gasteiger charge is -2.40. The van der Waals surface area contributed by atoms with E-state index in [1.807, 2.05) is 0 Å². The Balaban J connectivity index is 1.70. The summed E-state index contributed by atoms with van der Waals surface area (Å²) < 4.78 is 44.3. The summed E-state index contributed by atoms with van der Waals surface area (Å²) in [5, 5.41) is 60.0. The van der Waals surface area contributed by atoms with E-state index < -0.39 is 79.0 Å². The molecule has 0 bridgehead atoms. The number of benzene rings is 1. The Bertz CT molecular complexity index is 1370. The molecule has 0 radical (unpaired) electrons. The first kappa shape index (κ1) is 64.1. The van der Waals surface area contributed by atoms with Crippen LogP contribution in [0, 0.1) is 11.6 Å². The van der Waals surface area contributed by atoms with Crippen molar-refractivity contribution in [3.8, 4) is 0 Å². The molecule has 13 heteroatoms. The third-order valence-electron chi connectivity index (χ3n) is 14.2. The molecule has 7 N–H and O–H groups in total. The van der Waals surface area contributed by atoms with Gasteiger partial charge in [0.1, 0.15) is 42.7 Å². The fourth-order valence-electron chi connectivity index (χ4n) is 9.57. The summed E-state index contributed by atoms with van der Waals surface area (Å²) in [5.74, 6) is -1.66. The first-order valence-corrected chi connectivity index (χ1v) is 28.9. The van der Waals surface area contributed by atoms with Gasteiger partial charge >= 0.3 is 6.09 Å². The fraction of sp³-hybridized carbons (Fsp3) is 0.877. The molecule has 0 unspecified atom stereocenters. The minimum absolute atomic E-state index is 0.201. The lowest BCUT2D eigenvalue weighted by atomic mass is 9.98. The predicted octanol–water partition coefficient (Wildman–Crippen LogP) is 13.5.